The van der Waals surface area contributed by atoms with Crippen LogP contribution in [0.4, 0.5) is 0 Å². The van der Waals surface area contributed by atoms with E-state index in [1.54, 1.807) is 27.4 Å². The number of rotatable bonds is 6. The monoisotopic (exact) mass is 392 g/mol. The minimum atomic E-state index is -3.65. The summed E-state index contributed by atoms with van der Waals surface area (Å²) in [6.45, 7) is 1.18. The van der Waals surface area contributed by atoms with Crippen LogP contribution in [0.1, 0.15) is 31.5 Å². The van der Waals surface area contributed by atoms with Crippen molar-refractivity contribution in [1.82, 2.24) is 19.1 Å². The molecule has 1 aromatic heterocycles. The van der Waals surface area contributed by atoms with Gasteiger partial charge in [0.1, 0.15) is 11.6 Å². The highest BCUT2D eigenvalue weighted by Crippen LogP contribution is 2.30. The summed E-state index contributed by atoms with van der Waals surface area (Å²) in [5.74, 6) is 1.84. The average Bonchev–Trinajstić information content (AvgIpc) is 3.45. The van der Waals surface area contributed by atoms with E-state index < -0.39 is 10.0 Å². The van der Waals surface area contributed by atoms with Crippen LogP contribution < -0.4 is 15.1 Å². The zero-order valence-corrected chi connectivity index (χ0v) is 16.1. The second-order valence-electron chi connectivity index (χ2n) is 7.30. The van der Waals surface area contributed by atoms with Crippen molar-refractivity contribution in [3.63, 3.8) is 0 Å². The van der Waals surface area contributed by atoms with Crippen molar-refractivity contribution in [2.24, 2.45) is 5.92 Å². The van der Waals surface area contributed by atoms with Gasteiger partial charge in [-0.25, -0.2) is 22.6 Å². The van der Waals surface area contributed by atoms with Crippen LogP contribution in [0.25, 0.3) is 0 Å². The fourth-order valence-corrected chi connectivity index (χ4v) is 4.81. The number of aromatic nitrogens is 3. The molecule has 1 N–H and O–H groups in total. The lowest BCUT2D eigenvalue weighted by Gasteiger charge is -2.16. The van der Waals surface area contributed by atoms with Crippen molar-refractivity contribution in [2.75, 3.05) is 7.11 Å². The first-order chi connectivity index (χ1) is 13.0. The van der Waals surface area contributed by atoms with Gasteiger partial charge < -0.3 is 4.74 Å². The molecule has 0 spiro atoms. The van der Waals surface area contributed by atoms with Crippen LogP contribution in [-0.4, -0.2) is 35.9 Å². The van der Waals surface area contributed by atoms with Crippen molar-refractivity contribution in [3.8, 4) is 5.75 Å². The van der Waals surface area contributed by atoms with Gasteiger partial charge in [-0.2, -0.15) is 5.10 Å². The Morgan fingerprint density at radius 1 is 1.26 bits per heavy atom. The molecule has 2 heterocycles. The number of hydrogen-bond acceptors (Lipinski definition) is 5. The maximum absolute atomic E-state index is 12.7. The van der Waals surface area contributed by atoms with Gasteiger partial charge in [0.2, 0.25) is 10.0 Å². The molecule has 1 aromatic carbocycles. The number of sulfonamides is 1. The van der Waals surface area contributed by atoms with Gasteiger partial charge in [0.05, 0.1) is 12.0 Å². The van der Waals surface area contributed by atoms with E-state index in [0.29, 0.717) is 44.0 Å². The van der Waals surface area contributed by atoms with E-state index in [1.807, 2.05) is 0 Å². The molecule has 1 atom stereocenters. The molecule has 8 nitrogen and oxygen atoms in total. The predicted octanol–water partition coefficient (Wildman–Crippen LogP) is 1.15. The van der Waals surface area contributed by atoms with Crippen LogP contribution in [0.5, 0.6) is 5.75 Å². The van der Waals surface area contributed by atoms with Gasteiger partial charge in [-0.3, -0.25) is 4.57 Å². The van der Waals surface area contributed by atoms with Gasteiger partial charge in [0.15, 0.2) is 0 Å². The second-order valence-corrected chi connectivity index (χ2v) is 9.01. The number of nitrogens with one attached hydrogen (secondary N) is 1. The van der Waals surface area contributed by atoms with Gasteiger partial charge in [-0.1, -0.05) is 6.07 Å². The largest absolute Gasteiger partial charge is 0.497 e. The topological polar surface area (TPSA) is 95.2 Å². The first kappa shape index (κ1) is 18.2. The van der Waals surface area contributed by atoms with E-state index >= 15 is 0 Å². The quantitative estimate of drug-likeness (QED) is 0.796. The molecule has 0 saturated heterocycles. The predicted molar refractivity (Wildman–Crippen MR) is 99.3 cm³/mol. The maximum Gasteiger partial charge on any atom is 0.345 e. The number of benzene rings is 1. The molecule has 1 fully saturated rings. The standard InChI is InChI=1S/C18H24N4O4S/c1-26-15-3-2-4-16(11-15)27(24,25)20-14-7-8-17-19-22(12-13-5-6-13)18(23)21(17)10-9-14/h2-4,11,13-14,20H,5-10,12H2,1H3. The molecule has 1 aliphatic heterocycles. The van der Waals surface area contributed by atoms with Gasteiger partial charge in [-0.05, 0) is 43.7 Å². The number of ether oxygens (including phenoxy) is 1. The lowest BCUT2D eigenvalue weighted by atomic mass is 10.1. The molecule has 0 amide bonds. The van der Waals surface area contributed by atoms with E-state index in [9.17, 15) is 13.2 Å². The Hall–Kier alpha value is -2.13. The first-order valence-corrected chi connectivity index (χ1v) is 10.8. The molecule has 1 unspecified atom stereocenters. The molecule has 2 aromatic rings. The molecule has 0 radical (unpaired) electrons. The summed E-state index contributed by atoms with van der Waals surface area (Å²) in [5.41, 5.74) is -0.0757. The van der Waals surface area contributed by atoms with Crippen molar-refractivity contribution in [3.05, 3.63) is 40.6 Å². The highest BCUT2D eigenvalue weighted by atomic mass is 32.2. The number of hydrogen-bond donors (Lipinski definition) is 1. The fourth-order valence-electron chi connectivity index (χ4n) is 3.47. The molecular weight excluding hydrogens is 368 g/mol. The number of fused-ring (bicyclic) bond motifs is 1. The Morgan fingerprint density at radius 3 is 2.81 bits per heavy atom. The number of aryl methyl sites for hydroxylation is 1. The molecule has 1 aliphatic carbocycles. The Morgan fingerprint density at radius 2 is 2.07 bits per heavy atom. The van der Waals surface area contributed by atoms with Crippen LogP contribution in [0, 0.1) is 5.92 Å². The third-order valence-corrected chi connectivity index (χ3v) is 6.74. The van der Waals surface area contributed by atoms with Crippen LogP contribution in [0.3, 0.4) is 0 Å². The minimum absolute atomic E-state index is 0.0757. The van der Waals surface area contributed by atoms with E-state index in [-0.39, 0.29) is 16.6 Å². The van der Waals surface area contributed by atoms with Crippen LogP contribution in [0.2, 0.25) is 0 Å². The third kappa shape index (κ3) is 3.93. The Balaban J connectivity index is 1.46. The minimum Gasteiger partial charge on any atom is -0.497 e. The SMILES string of the molecule is COc1cccc(S(=O)(=O)NC2CCc3nn(CC4CC4)c(=O)n3CC2)c1. The normalized spacial score (nSPS) is 20.1. The van der Waals surface area contributed by atoms with Crippen LogP contribution >= 0.6 is 0 Å². The lowest BCUT2D eigenvalue weighted by Crippen LogP contribution is -2.35. The Labute approximate surface area is 158 Å². The summed E-state index contributed by atoms with van der Waals surface area (Å²) in [5, 5.41) is 4.48. The Bertz CT molecular complexity index is 991. The van der Waals surface area contributed by atoms with Crippen LogP contribution in [0.15, 0.2) is 34.0 Å². The molecule has 1 saturated carbocycles. The summed E-state index contributed by atoms with van der Waals surface area (Å²) in [7, 11) is -2.15. The van der Waals surface area contributed by atoms with Gasteiger partial charge in [0.25, 0.3) is 0 Å². The zero-order chi connectivity index (χ0) is 19.0. The summed E-state index contributed by atoms with van der Waals surface area (Å²) in [6.07, 6.45) is 4.10. The van der Waals surface area contributed by atoms with Gasteiger partial charge >= 0.3 is 5.69 Å². The molecule has 0 bridgehead atoms. The van der Waals surface area contributed by atoms with E-state index in [4.69, 9.17) is 4.74 Å². The fraction of sp³-hybridized carbons (Fsp3) is 0.556. The highest BCUT2D eigenvalue weighted by molar-refractivity contribution is 7.89. The lowest BCUT2D eigenvalue weighted by molar-refractivity contribution is 0.413. The first-order valence-electron chi connectivity index (χ1n) is 9.29. The average molecular weight is 392 g/mol. The highest BCUT2D eigenvalue weighted by Gasteiger charge is 2.27. The van der Waals surface area contributed by atoms with Crippen molar-refractivity contribution in [2.45, 2.75) is 56.1 Å². The third-order valence-electron chi connectivity index (χ3n) is 5.22. The number of methoxy groups -OCH3 is 1. The van der Waals surface area contributed by atoms with E-state index in [2.05, 4.69) is 9.82 Å². The van der Waals surface area contributed by atoms with Crippen molar-refractivity contribution >= 4 is 10.0 Å². The number of nitrogens with zero attached hydrogens (tertiary/aromatic N) is 3. The summed E-state index contributed by atoms with van der Waals surface area (Å²) < 4.78 is 36.5. The van der Waals surface area contributed by atoms with Crippen molar-refractivity contribution in [1.29, 1.82) is 0 Å². The second kappa shape index (κ2) is 7.12. The van der Waals surface area contributed by atoms with Crippen molar-refractivity contribution < 1.29 is 13.2 Å². The van der Waals surface area contributed by atoms with Gasteiger partial charge in [-0.15, -0.1) is 0 Å². The maximum atomic E-state index is 12.7. The molecule has 27 heavy (non-hydrogen) atoms. The van der Waals surface area contributed by atoms with Gasteiger partial charge in [0, 0.05) is 31.6 Å². The smallest absolute Gasteiger partial charge is 0.345 e. The van der Waals surface area contributed by atoms with Crippen LogP contribution in [-0.2, 0) is 29.5 Å². The summed E-state index contributed by atoms with van der Waals surface area (Å²) in [4.78, 5) is 12.7. The summed E-state index contributed by atoms with van der Waals surface area (Å²) >= 11 is 0. The molecular formula is C18H24N4O4S. The van der Waals surface area contributed by atoms with E-state index in [0.717, 1.165) is 5.82 Å². The molecule has 9 heteroatoms. The molecule has 4 rings (SSSR count). The van der Waals surface area contributed by atoms with E-state index in [1.165, 1.54) is 26.0 Å². The molecule has 2 aliphatic rings. The Kier molecular flexibility index (Phi) is 4.81. The molecule has 146 valence electrons. The zero-order valence-electron chi connectivity index (χ0n) is 15.3. The summed E-state index contributed by atoms with van der Waals surface area (Å²) in [6, 6.07) is 6.16.